The van der Waals surface area contributed by atoms with Crippen molar-refractivity contribution in [2.45, 2.75) is 38.1 Å². The normalized spacial score (nSPS) is 16.7. The number of anilines is 1. The number of aliphatic carboxylic acids is 1. The van der Waals surface area contributed by atoms with Gasteiger partial charge >= 0.3 is 11.9 Å². The van der Waals surface area contributed by atoms with E-state index in [0.29, 0.717) is 50.1 Å². The summed E-state index contributed by atoms with van der Waals surface area (Å²) in [5.41, 5.74) is 0.272. The lowest BCUT2D eigenvalue weighted by molar-refractivity contribution is -0.148. The van der Waals surface area contributed by atoms with E-state index in [0.717, 1.165) is 0 Å². The number of hydrogen-bond donors (Lipinski definition) is 2. The van der Waals surface area contributed by atoms with Crippen LogP contribution in [0.4, 0.5) is 5.69 Å². The Kier molecular flexibility index (Phi) is 6.74. The number of carbonyl (C=O) groups excluding carboxylic acids is 2. The third-order valence-corrected chi connectivity index (χ3v) is 4.85. The molecule has 1 aliphatic heterocycles. The van der Waals surface area contributed by atoms with Gasteiger partial charge in [-0.05, 0) is 25.0 Å². The molecule has 1 aromatic carbocycles. The van der Waals surface area contributed by atoms with Crippen molar-refractivity contribution in [1.29, 1.82) is 0 Å². The van der Waals surface area contributed by atoms with Crippen LogP contribution in [0.3, 0.4) is 0 Å². The quantitative estimate of drug-likeness (QED) is 0.540. The summed E-state index contributed by atoms with van der Waals surface area (Å²) < 4.78 is 5.03. The number of esters is 1. The van der Waals surface area contributed by atoms with Crippen LogP contribution >= 0.6 is 0 Å². The second kappa shape index (κ2) is 8.80. The van der Waals surface area contributed by atoms with Crippen LogP contribution in [0.25, 0.3) is 0 Å². The maximum Gasteiger partial charge on any atom is 0.331 e. The van der Waals surface area contributed by atoms with Gasteiger partial charge in [-0.25, -0.2) is 4.79 Å². The largest absolute Gasteiger partial charge is 0.481 e. The second-order valence-corrected chi connectivity index (χ2v) is 6.51. The number of methoxy groups -OCH3 is 1. The van der Waals surface area contributed by atoms with Crippen LogP contribution in [0.1, 0.15) is 43.0 Å². The van der Waals surface area contributed by atoms with E-state index in [9.17, 15) is 14.4 Å². The van der Waals surface area contributed by atoms with Crippen LogP contribution in [0.15, 0.2) is 24.3 Å². The Morgan fingerprint density at radius 3 is 2.46 bits per heavy atom. The third-order valence-electron chi connectivity index (χ3n) is 4.85. The van der Waals surface area contributed by atoms with Gasteiger partial charge in [-0.2, -0.15) is 0 Å². The minimum absolute atomic E-state index is 0.00649. The topological polar surface area (TPSA) is 95.9 Å². The van der Waals surface area contributed by atoms with Gasteiger partial charge in [0, 0.05) is 37.3 Å². The molecule has 7 heteroatoms. The highest BCUT2D eigenvalue weighted by atomic mass is 16.5. The van der Waals surface area contributed by atoms with E-state index in [-0.39, 0.29) is 18.2 Å². The fraction of sp³-hybridized carbons (Fsp3) is 0.526. The molecule has 2 N–H and O–H groups in total. The van der Waals surface area contributed by atoms with Crippen molar-refractivity contribution in [2.24, 2.45) is 0 Å². The summed E-state index contributed by atoms with van der Waals surface area (Å²) >= 11 is 0. The number of hydrogen-bond acceptors (Lipinski definition) is 6. The maximum absolute atomic E-state index is 12.5. The first-order valence-electron chi connectivity index (χ1n) is 8.85. The average molecular weight is 362 g/mol. The smallest absolute Gasteiger partial charge is 0.331 e. The number of likely N-dealkylation sites (tertiary alicyclic amines) is 1. The molecule has 142 valence electrons. The van der Waals surface area contributed by atoms with Crippen molar-refractivity contribution in [3.8, 4) is 0 Å². The SMILES string of the molecule is CCC(=O)c1ccccc1NC1(C(=O)OC)CCN(CCC(=O)O)CC1. The van der Waals surface area contributed by atoms with E-state index in [1.54, 1.807) is 25.1 Å². The molecule has 1 aromatic rings. The number of nitrogens with one attached hydrogen (secondary N) is 1. The van der Waals surface area contributed by atoms with Crippen LogP contribution < -0.4 is 5.32 Å². The molecular weight excluding hydrogens is 336 g/mol. The minimum Gasteiger partial charge on any atom is -0.481 e. The number of carboxylic acids is 1. The van der Waals surface area contributed by atoms with Crippen LogP contribution in [0.5, 0.6) is 0 Å². The predicted molar refractivity (Wildman–Crippen MR) is 97.4 cm³/mol. The third kappa shape index (κ3) is 4.60. The van der Waals surface area contributed by atoms with Gasteiger partial charge in [0.25, 0.3) is 0 Å². The summed E-state index contributed by atoms with van der Waals surface area (Å²) in [7, 11) is 1.35. The lowest BCUT2D eigenvalue weighted by Crippen LogP contribution is -2.55. The van der Waals surface area contributed by atoms with E-state index in [1.807, 2.05) is 11.0 Å². The molecule has 1 aliphatic rings. The predicted octanol–water partition coefficient (Wildman–Crippen LogP) is 2.17. The number of ether oxygens (including phenoxy) is 1. The van der Waals surface area contributed by atoms with Gasteiger partial charge in [0.15, 0.2) is 5.78 Å². The van der Waals surface area contributed by atoms with Gasteiger partial charge < -0.3 is 20.1 Å². The Morgan fingerprint density at radius 1 is 1.23 bits per heavy atom. The number of ketones is 1. The van der Waals surface area contributed by atoms with Crippen molar-refractivity contribution in [3.05, 3.63) is 29.8 Å². The lowest BCUT2D eigenvalue weighted by atomic mass is 9.86. The Hall–Kier alpha value is -2.41. The highest BCUT2D eigenvalue weighted by molar-refractivity contribution is 6.01. The molecule has 2 rings (SSSR count). The van der Waals surface area contributed by atoms with Crippen molar-refractivity contribution in [3.63, 3.8) is 0 Å². The van der Waals surface area contributed by atoms with Crippen molar-refractivity contribution in [2.75, 3.05) is 32.1 Å². The Morgan fingerprint density at radius 2 is 1.88 bits per heavy atom. The summed E-state index contributed by atoms with van der Waals surface area (Å²) in [6, 6.07) is 7.17. The second-order valence-electron chi connectivity index (χ2n) is 6.51. The Bertz CT molecular complexity index is 666. The molecule has 0 unspecified atom stereocenters. The minimum atomic E-state index is -0.918. The van der Waals surface area contributed by atoms with Gasteiger partial charge in [0.05, 0.1) is 13.5 Å². The molecule has 1 heterocycles. The Labute approximate surface area is 153 Å². The number of piperidine rings is 1. The first kappa shape index (κ1) is 19.9. The van der Waals surface area contributed by atoms with Crippen LogP contribution in [0, 0.1) is 0 Å². The van der Waals surface area contributed by atoms with Gasteiger partial charge in [-0.1, -0.05) is 19.1 Å². The van der Waals surface area contributed by atoms with E-state index in [4.69, 9.17) is 9.84 Å². The zero-order chi connectivity index (χ0) is 19.2. The maximum atomic E-state index is 12.5. The first-order valence-corrected chi connectivity index (χ1v) is 8.85. The monoisotopic (exact) mass is 362 g/mol. The fourth-order valence-electron chi connectivity index (χ4n) is 3.27. The molecule has 26 heavy (non-hydrogen) atoms. The highest BCUT2D eigenvalue weighted by Crippen LogP contribution is 2.30. The summed E-state index contributed by atoms with van der Waals surface area (Å²) in [4.78, 5) is 37.5. The van der Waals surface area contributed by atoms with Gasteiger partial charge in [-0.15, -0.1) is 0 Å². The van der Waals surface area contributed by atoms with E-state index >= 15 is 0 Å². The number of benzene rings is 1. The van der Waals surface area contributed by atoms with Gasteiger partial charge in [-0.3, -0.25) is 9.59 Å². The van der Waals surface area contributed by atoms with Gasteiger partial charge in [0.2, 0.25) is 0 Å². The molecule has 0 atom stereocenters. The van der Waals surface area contributed by atoms with Crippen LogP contribution in [-0.4, -0.2) is 60.0 Å². The standard InChI is InChI=1S/C19H26N2O5/c1-3-16(22)14-6-4-5-7-15(14)20-19(18(25)26-2)9-12-21(13-10-19)11-8-17(23)24/h4-7,20H,3,8-13H2,1-2H3,(H,23,24). The van der Waals surface area contributed by atoms with Crippen molar-refractivity contribution in [1.82, 2.24) is 4.90 Å². The molecule has 1 fully saturated rings. The number of nitrogens with zero attached hydrogens (tertiary/aromatic N) is 1. The number of Topliss-reactive ketones (excluding diaryl/α,β-unsaturated/α-hetero) is 1. The lowest BCUT2D eigenvalue weighted by Gasteiger charge is -2.41. The Balaban J connectivity index is 2.19. The van der Waals surface area contributed by atoms with E-state index in [2.05, 4.69) is 5.32 Å². The van der Waals surface area contributed by atoms with E-state index in [1.165, 1.54) is 7.11 Å². The molecule has 0 bridgehead atoms. The zero-order valence-corrected chi connectivity index (χ0v) is 15.3. The zero-order valence-electron chi connectivity index (χ0n) is 15.3. The van der Waals surface area contributed by atoms with E-state index < -0.39 is 11.5 Å². The summed E-state index contributed by atoms with van der Waals surface area (Å²) in [5, 5.41) is 12.1. The number of carboxylic acid groups (broad SMARTS) is 1. The molecular formula is C19H26N2O5. The number of carbonyl (C=O) groups is 3. The molecule has 0 spiro atoms. The summed E-state index contributed by atoms with van der Waals surface area (Å²) in [6.07, 6.45) is 1.42. The van der Waals surface area contributed by atoms with Crippen LogP contribution in [0.2, 0.25) is 0 Å². The number of para-hydroxylation sites is 1. The molecule has 0 aromatic heterocycles. The van der Waals surface area contributed by atoms with Gasteiger partial charge in [0.1, 0.15) is 5.54 Å². The van der Waals surface area contributed by atoms with Crippen molar-refractivity contribution < 1.29 is 24.2 Å². The summed E-state index contributed by atoms with van der Waals surface area (Å²) in [6.45, 7) is 3.42. The molecule has 1 saturated heterocycles. The molecule has 0 amide bonds. The van der Waals surface area contributed by atoms with Crippen LogP contribution in [-0.2, 0) is 14.3 Å². The molecule has 0 radical (unpaired) electrons. The highest BCUT2D eigenvalue weighted by Gasteiger charge is 2.43. The number of rotatable bonds is 8. The van der Waals surface area contributed by atoms with Crippen molar-refractivity contribution >= 4 is 23.4 Å². The molecule has 0 saturated carbocycles. The molecule has 7 nitrogen and oxygen atoms in total. The average Bonchev–Trinajstić information content (AvgIpc) is 2.66. The molecule has 0 aliphatic carbocycles. The first-order chi connectivity index (χ1) is 12.4. The fourth-order valence-corrected chi connectivity index (χ4v) is 3.27. The summed E-state index contributed by atoms with van der Waals surface area (Å²) in [5.74, 6) is -1.19.